The molecule has 0 aromatic heterocycles. The molecule has 1 atom stereocenters. The van der Waals surface area contributed by atoms with Crippen molar-refractivity contribution in [3.8, 4) is 0 Å². The van der Waals surface area contributed by atoms with E-state index in [4.69, 9.17) is 0 Å². The fourth-order valence-electron chi connectivity index (χ4n) is 2.22. The van der Waals surface area contributed by atoms with Gasteiger partial charge < -0.3 is 9.84 Å². The Kier molecular flexibility index (Phi) is 10.8. The number of benzene rings is 3. The van der Waals surface area contributed by atoms with Crippen LogP contribution in [0.5, 0.6) is 0 Å². The van der Waals surface area contributed by atoms with Crippen LogP contribution in [0.1, 0.15) is 39.3 Å². The topological polar surface area (TPSA) is 63.6 Å². The molecule has 4 heteroatoms. The Morgan fingerprint density at radius 2 is 1.07 bits per heavy atom. The first-order valence-electron chi connectivity index (χ1n) is 8.79. The molecule has 3 aromatic rings. The molecule has 3 rings (SSSR count). The van der Waals surface area contributed by atoms with Crippen LogP contribution in [-0.4, -0.2) is 30.9 Å². The Labute approximate surface area is 166 Å². The molecule has 1 N–H and O–H groups in total. The van der Waals surface area contributed by atoms with Gasteiger partial charge in [-0.05, 0) is 12.5 Å². The van der Waals surface area contributed by atoms with E-state index in [0.29, 0.717) is 11.1 Å². The molecule has 3 aromatic carbocycles. The van der Waals surface area contributed by atoms with Crippen LogP contribution >= 0.6 is 0 Å². The maximum atomic E-state index is 11.9. The minimum Gasteiger partial charge on any atom is -0.388 e. The highest BCUT2D eigenvalue weighted by Crippen LogP contribution is 2.17. The molecule has 0 fully saturated rings. The number of methoxy groups -OCH3 is 1. The molecule has 0 radical (unpaired) electrons. The number of hydrogen-bond donors (Lipinski definition) is 1. The van der Waals surface area contributed by atoms with Crippen LogP contribution in [0.2, 0.25) is 0 Å². The first-order valence-corrected chi connectivity index (χ1v) is 8.79. The van der Waals surface area contributed by atoms with Gasteiger partial charge in [0.15, 0.2) is 11.6 Å². The summed E-state index contributed by atoms with van der Waals surface area (Å²) in [5.41, 5.74) is 1.92. The summed E-state index contributed by atoms with van der Waals surface area (Å²) in [6.45, 7) is 1.56. The minimum atomic E-state index is -1.08. The van der Waals surface area contributed by atoms with Crippen molar-refractivity contribution in [1.29, 1.82) is 0 Å². The lowest BCUT2D eigenvalue weighted by atomic mass is 10.0. The van der Waals surface area contributed by atoms with E-state index in [-0.39, 0.29) is 11.6 Å². The average Bonchev–Trinajstić information content (AvgIpc) is 2.75. The number of carbonyl (C=O) groups excluding carboxylic acids is 2. The quantitative estimate of drug-likeness (QED) is 0.665. The van der Waals surface area contributed by atoms with Crippen molar-refractivity contribution < 1.29 is 19.4 Å². The van der Waals surface area contributed by atoms with Gasteiger partial charge in [0, 0.05) is 25.3 Å². The Bertz CT molecular complexity index is 815. The molecule has 146 valence electrons. The summed E-state index contributed by atoms with van der Waals surface area (Å²) in [6.07, 6.45) is -1.08. The summed E-state index contributed by atoms with van der Waals surface area (Å²) in [5, 5.41) is 9.89. The largest absolute Gasteiger partial charge is 0.388 e. The van der Waals surface area contributed by atoms with Gasteiger partial charge in [-0.3, -0.25) is 9.59 Å². The standard InChI is InChI=1S/C14H12O2.C8H8O.C2H6O/c15-13(11-7-3-1-4-8-11)14(16)12-9-5-2-6-10-12;1-7(9)8-5-3-2-4-6-8;1-3-2/h1-10,13,15H;2-6H,1H3;1-2H3. The van der Waals surface area contributed by atoms with Crippen molar-refractivity contribution in [1.82, 2.24) is 0 Å². The minimum absolute atomic E-state index is 0.121. The molecule has 0 bridgehead atoms. The average molecular weight is 378 g/mol. The molecule has 0 aliphatic carbocycles. The van der Waals surface area contributed by atoms with Crippen molar-refractivity contribution in [2.45, 2.75) is 13.0 Å². The number of hydrogen-bond acceptors (Lipinski definition) is 4. The zero-order valence-electron chi connectivity index (χ0n) is 16.4. The van der Waals surface area contributed by atoms with Gasteiger partial charge in [-0.15, -0.1) is 0 Å². The third-order valence-corrected chi connectivity index (χ3v) is 3.60. The molecule has 28 heavy (non-hydrogen) atoms. The Balaban J connectivity index is 0.000000276. The molecule has 4 nitrogen and oxygen atoms in total. The Hall–Kier alpha value is -3.08. The summed E-state index contributed by atoms with van der Waals surface area (Å²) in [6, 6.07) is 27.0. The van der Waals surface area contributed by atoms with Gasteiger partial charge in [0.05, 0.1) is 0 Å². The van der Waals surface area contributed by atoms with Crippen LogP contribution in [0.3, 0.4) is 0 Å². The lowest BCUT2D eigenvalue weighted by Gasteiger charge is -2.09. The summed E-state index contributed by atoms with van der Waals surface area (Å²) < 4.78 is 4.25. The number of aliphatic hydroxyl groups excluding tert-OH is 1. The first kappa shape index (κ1) is 23.0. The van der Waals surface area contributed by atoms with Crippen molar-refractivity contribution >= 4 is 11.6 Å². The zero-order chi connectivity index (χ0) is 20.8. The van der Waals surface area contributed by atoms with E-state index < -0.39 is 6.10 Å². The Morgan fingerprint density at radius 1 is 0.714 bits per heavy atom. The summed E-state index contributed by atoms with van der Waals surface area (Å²) >= 11 is 0. The summed E-state index contributed by atoms with van der Waals surface area (Å²) in [7, 11) is 3.25. The van der Waals surface area contributed by atoms with E-state index >= 15 is 0 Å². The lowest BCUT2D eigenvalue weighted by molar-refractivity contribution is 0.0747. The highest BCUT2D eigenvalue weighted by Gasteiger charge is 2.18. The number of Topliss-reactive ketones (excluding diaryl/α,β-unsaturated/α-hetero) is 2. The normalized spacial score (nSPS) is 10.4. The molecule has 0 spiro atoms. The van der Waals surface area contributed by atoms with E-state index in [2.05, 4.69) is 4.74 Å². The van der Waals surface area contributed by atoms with E-state index in [9.17, 15) is 14.7 Å². The third-order valence-electron chi connectivity index (χ3n) is 3.60. The summed E-state index contributed by atoms with van der Waals surface area (Å²) in [5.74, 6) is -0.151. The molecule has 0 aliphatic rings. The maximum absolute atomic E-state index is 11.9. The van der Waals surface area contributed by atoms with Gasteiger partial charge in [0.1, 0.15) is 6.10 Å². The monoisotopic (exact) mass is 378 g/mol. The van der Waals surface area contributed by atoms with Crippen LogP contribution in [0.25, 0.3) is 0 Å². The number of ether oxygens (including phenoxy) is 1. The lowest BCUT2D eigenvalue weighted by Crippen LogP contribution is -2.11. The van der Waals surface area contributed by atoms with Crippen molar-refractivity contribution in [3.63, 3.8) is 0 Å². The predicted octanol–water partition coefficient (Wildman–Crippen LogP) is 4.75. The molecule has 0 saturated carbocycles. The van der Waals surface area contributed by atoms with Gasteiger partial charge in [-0.1, -0.05) is 91.0 Å². The van der Waals surface area contributed by atoms with Gasteiger partial charge in [0.25, 0.3) is 0 Å². The first-order chi connectivity index (χ1) is 13.5. The third kappa shape index (κ3) is 8.08. The number of carbonyl (C=O) groups is 2. The summed E-state index contributed by atoms with van der Waals surface area (Å²) in [4.78, 5) is 22.5. The van der Waals surface area contributed by atoms with Crippen LogP contribution in [0, 0.1) is 0 Å². The second kappa shape index (κ2) is 13.1. The molecule has 0 heterocycles. The highest BCUT2D eigenvalue weighted by molar-refractivity contribution is 5.99. The van der Waals surface area contributed by atoms with Crippen LogP contribution in [0.4, 0.5) is 0 Å². The van der Waals surface area contributed by atoms with Crippen molar-refractivity contribution in [2.75, 3.05) is 14.2 Å². The number of ketones is 2. The van der Waals surface area contributed by atoms with E-state index in [1.54, 1.807) is 69.7 Å². The van der Waals surface area contributed by atoms with Crippen molar-refractivity contribution in [2.24, 2.45) is 0 Å². The van der Waals surface area contributed by atoms with Gasteiger partial charge in [0.2, 0.25) is 0 Å². The van der Waals surface area contributed by atoms with Gasteiger partial charge >= 0.3 is 0 Å². The number of aliphatic hydroxyl groups is 1. The smallest absolute Gasteiger partial charge is 0.195 e. The Morgan fingerprint density at radius 3 is 1.43 bits per heavy atom. The van der Waals surface area contributed by atoms with Gasteiger partial charge in [-0.25, -0.2) is 0 Å². The fourth-order valence-corrected chi connectivity index (χ4v) is 2.22. The second-order valence-corrected chi connectivity index (χ2v) is 5.87. The number of rotatable bonds is 4. The predicted molar refractivity (Wildman–Crippen MR) is 112 cm³/mol. The highest BCUT2D eigenvalue weighted by atomic mass is 16.4. The molecular formula is C24H26O4. The fraction of sp³-hybridized carbons (Fsp3) is 0.167. The van der Waals surface area contributed by atoms with E-state index in [1.165, 1.54) is 0 Å². The molecule has 0 aliphatic heterocycles. The van der Waals surface area contributed by atoms with Crippen molar-refractivity contribution in [3.05, 3.63) is 108 Å². The van der Waals surface area contributed by atoms with E-state index in [0.717, 1.165) is 5.56 Å². The van der Waals surface area contributed by atoms with Crippen LogP contribution < -0.4 is 0 Å². The van der Waals surface area contributed by atoms with Crippen LogP contribution in [-0.2, 0) is 4.74 Å². The molecule has 0 saturated heterocycles. The maximum Gasteiger partial charge on any atom is 0.195 e. The zero-order valence-corrected chi connectivity index (χ0v) is 16.4. The van der Waals surface area contributed by atoms with Crippen LogP contribution in [0.15, 0.2) is 91.0 Å². The molecule has 0 amide bonds. The molecule has 1 unspecified atom stereocenters. The second-order valence-electron chi connectivity index (χ2n) is 5.87. The van der Waals surface area contributed by atoms with Gasteiger partial charge in [-0.2, -0.15) is 0 Å². The SMILES string of the molecule is CC(=O)c1ccccc1.COC.O=C(c1ccccc1)C(O)c1ccccc1. The van der Waals surface area contributed by atoms with E-state index in [1.807, 2.05) is 42.5 Å². The molecular weight excluding hydrogens is 352 g/mol.